The van der Waals surface area contributed by atoms with E-state index in [4.69, 9.17) is 0 Å². The summed E-state index contributed by atoms with van der Waals surface area (Å²) in [5.74, 6) is 0.985. The standard InChI is InChI=1S/C14H24N2/c1-12(9-13-5-3-4-6-13)15-10-14-7-8-16(2)11-14/h7-8,11-13,15H,3-6,9-10H2,1-2H3. The molecule has 1 aliphatic carbocycles. The summed E-state index contributed by atoms with van der Waals surface area (Å²) in [6.07, 6.45) is 11.5. The first kappa shape index (κ1) is 11.7. The van der Waals surface area contributed by atoms with Crippen molar-refractivity contribution in [2.75, 3.05) is 0 Å². The molecule has 0 radical (unpaired) electrons. The van der Waals surface area contributed by atoms with Gasteiger partial charge in [-0.1, -0.05) is 25.7 Å². The zero-order valence-corrected chi connectivity index (χ0v) is 10.6. The van der Waals surface area contributed by atoms with E-state index in [0.717, 1.165) is 12.5 Å². The molecule has 2 rings (SSSR count). The van der Waals surface area contributed by atoms with E-state index in [0.29, 0.717) is 6.04 Å². The first-order chi connectivity index (χ1) is 7.74. The molecular formula is C14H24N2. The lowest BCUT2D eigenvalue weighted by atomic mass is 9.99. The molecule has 1 aromatic rings. The molecule has 0 aliphatic heterocycles. The van der Waals surface area contributed by atoms with Gasteiger partial charge in [0.15, 0.2) is 0 Å². The molecule has 1 aliphatic rings. The average molecular weight is 220 g/mol. The molecule has 0 bridgehead atoms. The van der Waals surface area contributed by atoms with Crippen molar-refractivity contribution < 1.29 is 0 Å². The largest absolute Gasteiger partial charge is 0.357 e. The Balaban J connectivity index is 1.68. The Kier molecular flexibility index (Phi) is 4.05. The highest BCUT2D eigenvalue weighted by Gasteiger charge is 2.17. The van der Waals surface area contributed by atoms with Crippen molar-refractivity contribution in [3.63, 3.8) is 0 Å². The molecule has 0 amide bonds. The van der Waals surface area contributed by atoms with Crippen LogP contribution in [-0.2, 0) is 13.6 Å². The summed E-state index contributed by atoms with van der Waals surface area (Å²) in [4.78, 5) is 0. The fraction of sp³-hybridized carbons (Fsp3) is 0.714. The van der Waals surface area contributed by atoms with Crippen LogP contribution in [0.1, 0.15) is 44.6 Å². The number of nitrogens with one attached hydrogen (secondary N) is 1. The number of nitrogens with zero attached hydrogens (tertiary/aromatic N) is 1. The SMILES string of the molecule is CC(CC1CCCC1)NCc1ccn(C)c1. The molecule has 1 heterocycles. The Hall–Kier alpha value is -0.760. The third-order valence-electron chi connectivity index (χ3n) is 3.71. The van der Waals surface area contributed by atoms with Crippen molar-refractivity contribution in [1.82, 2.24) is 9.88 Å². The molecule has 16 heavy (non-hydrogen) atoms. The predicted octanol–water partition coefficient (Wildman–Crippen LogP) is 3.08. The summed E-state index contributed by atoms with van der Waals surface area (Å²) < 4.78 is 2.11. The molecule has 1 unspecified atom stereocenters. The van der Waals surface area contributed by atoms with Gasteiger partial charge in [-0.15, -0.1) is 0 Å². The Morgan fingerprint density at radius 3 is 2.81 bits per heavy atom. The molecule has 1 aromatic heterocycles. The van der Waals surface area contributed by atoms with E-state index >= 15 is 0 Å². The van der Waals surface area contributed by atoms with Crippen LogP contribution in [-0.4, -0.2) is 10.6 Å². The Morgan fingerprint density at radius 1 is 1.44 bits per heavy atom. The van der Waals surface area contributed by atoms with Gasteiger partial charge in [-0.3, -0.25) is 0 Å². The van der Waals surface area contributed by atoms with Crippen LogP contribution in [0.4, 0.5) is 0 Å². The molecule has 0 saturated heterocycles. The van der Waals surface area contributed by atoms with Crippen molar-refractivity contribution in [3.05, 3.63) is 24.0 Å². The van der Waals surface area contributed by atoms with Gasteiger partial charge in [0.05, 0.1) is 0 Å². The molecule has 1 saturated carbocycles. The number of hydrogen-bond donors (Lipinski definition) is 1. The molecule has 2 nitrogen and oxygen atoms in total. The van der Waals surface area contributed by atoms with Gasteiger partial charge in [-0.05, 0) is 30.9 Å². The lowest BCUT2D eigenvalue weighted by molar-refractivity contribution is 0.404. The lowest BCUT2D eigenvalue weighted by Crippen LogP contribution is -2.27. The van der Waals surface area contributed by atoms with Crippen LogP contribution in [0, 0.1) is 5.92 Å². The zero-order valence-electron chi connectivity index (χ0n) is 10.6. The molecular weight excluding hydrogens is 196 g/mol. The maximum atomic E-state index is 3.63. The van der Waals surface area contributed by atoms with Crippen LogP contribution in [0.2, 0.25) is 0 Å². The lowest BCUT2D eigenvalue weighted by Gasteiger charge is -2.17. The molecule has 1 N–H and O–H groups in total. The van der Waals surface area contributed by atoms with E-state index < -0.39 is 0 Å². The maximum Gasteiger partial charge on any atom is 0.0223 e. The topological polar surface area (TPSA) is 17.0 Å². The number of rotatable bonds is 5. The van der Waals surface area contributed by atoms with Crippen LogP contribution >= 0.6 is 0 Å². The third kappa shape index (κ3) is 3.38. The molecule has 1 atom stereocenters. The highest BCUT2D eigenvalue weighted by Crippen LogP contribution is 2.28. The monoisotopic (exact) mass is 220 g/mol. The minimum Gasteiger partial charge on any atom is -0.357 e. The van der Waals surface area contributed by atoms with Crippen molar-refractivity contribution >= 4 is 0 Å². The molecule has 0 spiro atoms. The summed E-state index contributed by atoms with van der Waals surface area (Å²) in [6.45, 7) is 3.33. The van der Waals surface area contributed by atoms with E-state index in [9.17, 15) is 0 Å². The first-order valence-corrected chi connectivity index (χ1v) is 6.58. The van der Waals surface area contributed by atoms with Crippen LogP contribution in [0.3, 0.4) is 0 Å². The summed E-state index contributed by atoms with van der Waals surface area (Å²) in [7, 11) is 2.07. The third-order valence-corrected chi connectivity index (χ3v) is 3.71. The van der Waals surface area contributed by atoms with Crippen molar-refractivity contribution in [2.45, 2.75) is 51.6 Å². The fourth-order valence-corrected chi connectivity index (χ4v) is 2.79. The molecule has 0 aromatic carbocycles. The number of hydrogen-bond acceptors (Lipinski definition) is 1. The Labute approximate surface area is 99.0 Å². The zero-order chi connectivity index (χ0) is 11.4. The smallest absolute Gasteiger partial charge is 0.0223 e. The van der Waals surface area contributed by atoms with Gasteiger partial charge in [0.1, 0.15) is 0 Å². The van der Waals surface area contributed by atoms with Crippen LogP contribution in [0.5, 0.6) is 0 Å². The fourth-order valence-electron chi connectivity index (χ4n) is 2.79. The van der Waals surface area contributed by atoms with E-state index in [-0.39, 0.29) is 0 Å². The summed E-state index contributed by atoms with van der Waals surface area (Å²) in [5, 5.41) is 3.63. The second-order valence-electron chi connectivity index (χ2n) is 5.35. The van der Waals surface area contributed by atoms with Gasteiger partial charge in [0.25, 0.3) is 0 Å². The molecule has 2 heteroatoms. The maximum absolute atomic E-state index is 3.63. The highest BCUT2D eigenvalue weighted by molar-refractivity contribution is 5.09. The predicted molar refractivity (Wildman–Crippen MR) is 68.3 cm³/mol. The van der Waals surface area contributed by atoms with Crippen LogP contribution in [0.25, 0.3) is 0 Å². The van der Waals surface area contributed by atoms with Crippen LogP contribution < -0.4 is 5.32 Å². The normalized spacial score (nSPS) is 19.1. The second kappa shape index (κ2) is 5.53. The number of aromatic nitrogens is 1. The van der Waals surface area contributed by atoms with E-state index in [1.807, 2.05) is 0 Å². The average Bonchev–Trinajstić information content (AvgIpc) is 2.87. The van der Waals surface area contributed by atoms with Gasteiger partial charge in [-0.25, -0.2) is 0 Å². The van der Waals surface area contributed by atoms with Gasteiger partial charge in [0, 0.05) is 32.0 Å². The van der Waals surface area contributed by atoms with Gasteiger partial charge < -0.3 is 9.88 Å². The van der Waals surface area contributed by atoms with Gasteiger partial charge in [-0.2, -0.15) is 0 Å². The van der Waals surface area contributed by atoms with E-state index in [1.54, 1.807) is 0 Å². The second-order valence-corrected chi connectivity index (χ2v) is 5.35. The minimum absolute atomic E-state index is 0.656. The van der Waals surface area contributed by atoms with Gasteiger partial charge >= 0.3 is 0 Å². The van der Waals surface area contributed by atoms with Crippen molar-refractivity contribution in [3.8, 4) is 0 Å². The minimum atomic E-state index is 0.656. The van der Waals surface area contributed by atoms with Crippen molar-refractivity contribution in [1.29, 1.82) is 0 Å². The first-order valence-electron chi connectivity index (χ1n) is 6.58. The van der Waals surface area contributed by atoms with Crippen LogP contribution in [0.15, 0.2) is 18.5 Å². The summed E-state index contributed by atoms with van der Waals surface area (Å²) >= 11 is 0. The highest BCUT2D eigenvalue weighted by atomic mass is 14.9. The Morgan fingerprint density at radius 2 is 2.19 bits per heavy atom. The summed E-state index contributed by atoms with van der Waals surface area (Å²) in [5.41, 5.74) is 1.39. The summed E-state index contributed by atoms with van der Waals surface area (Å²) in [6, 6.07) is 2.85. The van der Waals surface area contributed by atoms with Crippen molar-refractivity contribution in [2.24, 2.45) is 13.0 Å². The molecule has 1 fully saturated rings. The quantitative estimate of drug-likeness (QED) is 0.807. The van der Waals surface area contributed by atoms with E-state index in [2.05, 4.69) is 42.3 Å². The number of aryl methyl sites for hydroxylation is 1. The molecule has 90 valence electrons. The van der Waals surface area contributed by atoms with Gasteiger partial charge in [0.2, 0.25) is 0 Å². The Bertz CT molecular complexity index is 310. The van der Waals surface area contributed by atoms with E-state index in [1.165, 1.54) is 37.7 Å².